The van der Waals surface area contributed by atoms with Crippen LogP contribution < -0.4 is 15.4 Å². The number of carbonyl (C=O) groups excluding carboxylic acids is 1. The Hall–Kier alpha value is -2.43. The quantitative estimate of drug-likeness (QED) is 0.861. The molecular formula is C16H18F3N3O2. The van der Waals surface area contributed by atoms with Gasteiger partial charge in [-0.25, -0.2) is 0 Å². The van der Waals surface area contributed by atoms with Crippen molar-refractivity contribution in [2.75, 3.05) is 11.9 Å². The Morgan fingerprint density at radius 3 is 2.62 bits per heavy atom. The average Bonchev–Trinajstić information content (AvgIpc) is 2.52. The Bertz CT molecular complexity index is 620. The maximum atomic E-state index is 12.2. The summed E-state index contributed by atoms with van der Waals surface area (Å²) in [7, 11) is 0. The molecule has 2 rings (SSSR count). The molecule has 5 nitrogen and oxygen atoms in total. The van der Waals surface area contributed by atoms with Crippen molar-refractivity contribution < 1.29 is 22.7 Å². The van der Waals surface area contributed by atoms with Crippen LogP contribution in [0.15, 0.2) is 24.3 Å². The van der Waals surface area contributed by atoms with E-state index in [9.17, 15) is 23.2 Å². The minimum Gasteiger partial charge on any atom is -0.406 e. The second-order valence-corrected chi connectivity index (χ2v) is 5.73. The van der Waals surface area contributed by atoms with Crippen LogP contribution in [0, 0.1) is 11.3 Å². The van der Waals surface area contributed by atoms with Crippen LogP contribution in [0.5, 0.6) is 5.75 Å². The van der Waals surface area contributed by atoms with Crippen molar-refractivity contribution in [3.05, 3.63) is 24.3 Å². The van der Waals surface area contributed by atoms with Crippen molar-refractivity contribution >= 4 is 11.6 Å². The van der Waals surface area contributed by atoms with Gasteiger partial charge in [-0.2, -0.15) is 5.26 Å². The molecule has 0 atom stereocenters. The summed E-state index contributed by atoms with van der Waals surface area (Å²) in [6.07, 6.45) is -0.718. The maximum absolute atomic E-state index is 12.2. The van der Waals surface area contributed by atoms with Gasteiger partial charge in [-0.3, -0.25) is 4.79 Å². The first-order valence-corrected chi connectivity index (χ1v) is 7.64. The summed E-state index contributed by atoms with van der Waals surface area (Å²) >= 11 is 0. The van der Waals surface area contributed by atoms with Crippen LogP contribution in [0.1, 0.15) is 32.1 Å². The first-order chi connectivity index (χ1) is 11.3. The number of carbonyl (C=O) groups is 1. The lowest BCUT2D eigenvalue weighted by molar-refractivity contribution is -0.274. The van der Waals surface area contributed by atoms with Gasteiger partial charge in [-0.15, -0.1) is 13.2 Å². The fourth-order valence-electron chi connectivity index (χ4n) is 2.72. The van der Waals surface area contributed by atoms with Crippen LogP contribution in [0.25, 0.3) is 0 Å². The van der Waals surface area contributed by atoms with Gasteiger partial charge in [0.25, 0.3) is 0 Å². The molecule has 1 aromatic rings. The van der Waals surface area contributed by atoms with Gasteiger partial charge in [-0.1, -0.05) is 25.3 Å². The number of ether oxygens (including phenoxy) is 1. The highest BCUT2D eigenvalue weighted by atomic mass is 19.4. The molecule has 1 aliphatic rings. The lowest BCUT2D eigenvalue weighted by atomic mass is 9.83. The molecule has 1 aliphatic carbocycles. The maximum Gasteiger partial charge on any atom is 0.573 e. The number of halogens is 3. The van der Waals surface area contributed by atoms with Gasteiger partial charge in [0.1, 0.15) is 11.3 Å². The van der Waals surface area contributed by atoms with E-state index in [4.69, 9.17) is 0 Å². The second kappa shape index (κ2) is 7.43. The van der Waals surface area contributed by atoms with Gasteiger partial charge in [0.2, 0.25) is 5.91 Å². The molecule has 0 bridgehead atoms. The fourth-order valence-corrected chi connectivity index (χ4v) is 2.72. The molecule has 1 fully saturated rings. The van der Waals surface area contributed by atoms with E-state index in [2.05, 4.69) is 21.4 Å². The third kappa shape index (κ3) is 5.33. The number of nitrogens with zero attached hydrogens (tertiary/aromatic N) is 1. The number of hydrogen-bond donors (Lipinski definition) is 2. The van der Waals surface area contributed by atoms with E-state index in [1.54, 1.807) is 0 Å². The second-order valence-electron chi connectivity index (χ2n) is 5.73. The molecule has 24 heavy (non-hydrogen) atoms. The van der Waals surface area contributed by atoms with Gasteiger partial charge >= 0.3 is 6.36 Å². The van der Waals surface area contributed by atoms with Crippen molar-refractivity contribution in [2.24, 2.45) is 0 Å². The smallest absolute Gasteiger partial charge is 0.406 e. The number of nitrogens with one attached hydrogen (secondary N) is 2. The molecule has 0 unspecified atom stereocenters. The summed E-state index contributed by atoms with van der Waals surface area (Å²) in [4.78, 5) is 12.0. The van der Waals surface area contributed by atoms with Crippen LogP contribution in [0.2, 0.25) is 0 Å². The van der Waals surface area contributed by atoms with E-state index in [1.807, 2.05) is 0 Å². The molecule has 130 valence electrons. The lowest BCUT2D eigenvalue weighted by Crippen LogP contribution is -2.50. The van der Waals surface area contributed by atoms with E-state index in [0.717, 1.165) is 25.3 Å². The minimum atomic E-state index is -4.77. The van der Waals surface area contributed by atoms with Crippen molar-refractivity contribution in [1.29, 1.82) is 5.26 Å². The van der Waals surface area contributed by atoms with Crippen LogP contribution in [0.4, 0.5) is 18.9 Å². The zero-order valence-corrected chi connectivity index (χ0v) is 12.9. The summed E-state index contributed by atoms with van der Waals surface area (Å²) in [5, 5.41) is 14.8. The van der Waals surface area contributed by atoms with Crippen LogP contribution in [-0.2, 0) is 4.79 Å². The number of benzene rings is 1. The van der Waals surface area contributed by atoms with Crippen LogP contribution in [0.3, 0.4) is 0 Å². The van der Waals surface area contributed by atoms with Crippen molar-refractivity contribution in [2.45, 2.75) is 44.0 Å². The SMILES string of the molecule is N#CC1(NC(=O)CNc2cccc(OC(F)(F)F)c2)CCCCC1. The molecule has 0 spiro atoms. The molecule has 0 aliphatic heterocycles. The third-order valence-electron chi connectivity index (χ3n) is 3.82. The Balaban J connectivity index is 1.90. The van der Waals surface area contributed by atoms with Gasteiger partial charge in [0, 0.05) is 11.8 Å². The Labute approximate surface area is 137 Å². The molecular weight excluding hydrogens is 323 g/mol. The predicted octanol–water partition coefficient (Wildman–Crippen LogP) is 3.34. The van der Waals surface area contributed by atoms with Crippen molar-refractivity contribution in [3.63, 3.8) is 0 Å². The summed E-state index contributed by atoms with van der Waals surface area (Å²) in [5.74, 6) is -0.741. The number of alkyl halides is 3. The number of nitriles is 1. The first-order valence-electron chi connectivity index (χ1n) is 7.64. The van der Waals surface area contributed by atoms with Gasteiger partial charge in [-0.05, 0) is 25.0 Å². The van der Waals surface area contributed by atoms with Gasteiger partial charge in [0.15, 0.2) is 0 Å². The molecule has 8 heteroatoms. The van der Waals surface area contributed by atoms with E-state index in [0.29, 0.717) is 18.5 Å². The summed E-state index contributed by atoms with van der Waals surface area (Å²) < 4.78 is 40.4. The highest BCUT2D eigenvalue weighted by molar-refractivity contribution is 5.82. The zero-order valence-electron chi connectivity index (χ0n) is 12.9. The topological polar surface area (TPSA) is 74.2 Å². The molecule has 1 aromatic carbocycles. The Morgan fingerprint density at radius 2 is 2.00 bits per heavy atom. The van der Waals surface area contributed by atoms with Crippen molar-refractivity contribution in [3.8, 4) is 11.8 Å². The molecule has 1 saturated carbocycles. The summed E-state index contributed by atoms with van der Waals surface area (Å²) in [6.45, 7) is -0.140. The number of amides is 1. The molecule has 0 saturated heterocycles. The average molecular weight is 341 g/mol. The molecule has 0 heterocycles. The highest BCUT2D eigenvalue weighted by Crippen LogP contribution is 2.28. The number of rotatable bonds is 5. The van der Waals surface area contributed by atoms with Gasteiger partial charge in [0.05, 0.1) is 12.6 Å². The fraction of sp³-hybridized carbons (Fsp3) is 0.500. The lowest BCUT2D eigenvalue weighted by Gasteiger charge is -2.31. The monoisotopic (exact) mass is 341 g/mol. The number of anilines is 1. The molecule has 1 amide bonds. The summed E-state index contributed by atoms with van der Waals surface area (Å²) in [6, 6.07) is 7.42. The largest absolute Gasteiger partial charge is 0.573 e. The molecule has 2 N–H and O–H groups in total. The van der Waals surface area contributed by atoms with E-state index >= 15 is 0 Å². The predicted molar refractivity (Wildman–Crippen MR) is 81.2 cm³/mol. The Morgan fingerprint density at radius 1 is 1.29 bits per heavy atom. The molecule has 0 aromatic heterocycles. The third-order valence-corrected chi connectivity index (χ3v) is 3.82. The highest BCUT2D eigenvalue weighted by Gasteiger charge is 2.33. The first kappa shape index (κ1) is 17.9. The van der Waals surface area contributed by atoms with Gasteiger partial charge < -0.3 is 15.4 Å². The van der Waals surface area contributed by atoms with Crippen LogP contribution in [-0.4, -0.2) is 24.4 Å². The normalized spacial score (nSPS) is 16.8. The molecule has 0 radical (unpaired) electrons. The number of hydrogen-bond acceptors (Lipinski definition) is 4. The zero-order chi connectivity index (χ0) is 17.6. The standard InChI is InChI=1S/C16H18F3N3O2/c17-16(18,19)24-13-6-4-5-12(9-13)21-10-14(23)22-15(11-20)7-2-1-3-8-15/h4-6,9,21H,1-3,7-8,10H2,(H,22,23). The summed E-state index contributed by atoms with van der Waals surface area (Å²) in [5.41, 5.74) is -0.514. The Kier molecular flexibility index (Phi) is 5.54. The van der Waals surface area contributed by atoms with Crippen LogP contribution >= 0.6 is 0 Å². The van der Waals surface area contributed by atoms with E-state index in [-0.39, 0.29) is 18.2 Å². The van der Waals surface area contributed by atoms with E-state index < -0.39 is 11.9 Å². The minimum absolute atomic E-state index is 0.140. The van der Waals surface area contributed by atoms with E-state index in [1.165, 1.54) is 18.2 Å². The van der Waals surface area contributed by atoms with Crippen molar-refractivity contribution in [1.82, 2.24) is 5.32 Å².